The number of likely N-dealkylation sites (tertiary alicyclic amines) is 1. The van der Waals surface area contributed by atoms with E-state index in [4.69, 9.17) is 4.74 Å². The third kappa shape index (κ3) is 3.05. The molecule has 7 nitrogen and oxygen atoms in total. The molecule has 1 unspecified atom stereocenters. The summed E-state index contributed by atoms with van der Waals surface area (Å²) in [6.07, 6.45) is 9.51. The molecule has 24 heavy (non-hydrogen) atoms. The fraction of sp³-hybridized carbons (Fsp3) is 0.706. The van der Waals surface area contributed by atoms with Crippen LogP contribution in [0, 0.1) is 0 Å². The van der Waals surface area contributed by atoms with E-state index in [1.165, 1.54) is 0 Å². The van der Waals surface area contributed by atoms with Crippen molar-refractivity contribution in [3.05, 3.63) is 18.6 Å². The second-order valence-corrected chi connectivity index (χ2v) is 7.02. The fourth-order valence-electron chi connectivity index (χ4n) is 4.11. The number of piperidine rings is 1. The molecule has 3 saturated heterocycles. The van der Waals surface area contributed by atoms with E-state index in [0.29, 0.717) is 19.7 Å². The van der Waals surface area contributed by atoms with Gasteiger partial charge < -0.3 is 19.4 Å². The summed E-state index contributed by atoms with van der Waals surface area (Å²) in [5.74, 6) is 0.892. The predicted molar refractivity (Wildman–Crippen MR) is 89.9 cm³/mol. The average molecular weight is 331 g/mol. The van der Waals surface area contributed by atoms with E-state index in [1.807, 2.05) is 9.80 Å². The monoisotopic (exact) mass is 331 g/mol. The molecule has 1 atom stereocenters. The van der Waals surface area contributed by atoms with Gasteiger partial charge in [-0.2, -0.15) is 0 Å². The summed E-state index contributed by atoms with van der Waals surface area (Å²) in [5.41, 5.74) is -0.274. The number of aromatic nitrogens is 2. The van der Waals surface area contributed by atoms with Crippen molar-refractivity contribution in [2.24, 2.45) is 0 Å². The number of rotatable bonds is 1. The van der Waals surface area contributed by atoms with Gasteiger partial charge in [-0.05, 0) is 25.7 Å². The van der Waals surface area contributed by atoms with Crippen LogP contribution in [0.1, 0.15) is 25.7 Å². The Balaban J connectivity index is 1.46. The van der Waals surface area contributed by atoms with Gasteiger partial charge in [0.05, 0.1) is 25.9 Å². The largest absolute Gasteiger partial charge is 0.369 e. The molecule has 0 aromatic carbocycles. The van der Waals surface area contributed by atoms with E-state index in [2.05, 4.69) is 14.9 Å². The van der Waals surface area contributed by atoms with Crippen LogP contribution in [0.25, 0.3) is 0 Å². The molecule has 0 N–H and O–H groups in total. The number of amides is 2. The Morgan fingerprint density at radius 3 is 2.71 bits per heavy atom. The van der Waals surface area contributed by atoms with Crippen molar-refractivity contribution in [1.29, 1.82) is 0 Å². The highest BCUT2D eigenvalue weighted by molar-refractivity contribution is 5.75. The molecule has 0 radical (unpaired) electrons. The molecule has 4 rings (SSSR count). The van der Waals surface area contributed by atoms with Gasteiger partial charge in [0.25, 0.3) is 0 Å². The number of urea groups is 1. The highest BCUT2D eigenvalue weighted by atomic mass is 16.5. The van der Waals surface area contributed by atoms with Crippen molar-refractivity contribution in [3.8, 4) is 0 Å². The van der Waals surface area contributed by atoms with Crippen LogP contribution in [0.2, 0.25) is 0 Å². The van der Waals surface area contributed by atoms with Crippen LogP contribution in [0.3, 0.4) is 0 Å². The lowest BCUT2D eigenvalue weighted by atomic mass is 9.90. The summed E-state index contributed by atoms with van der Waals surface area (Å²) in [6, 6.07) is 0.187. The summed E-state index contributed by atoms with van der Waals surface area (Å²) in [4.78, 5) is 27.5. The topological polar surface area (TPSA) is 61.8 Å². The highest BCUT2D eigenvalue weighted by Crippen LogP contribution is 2.31. The summed E-state index contributed by atoms with van der Waals surface area (Å²) >= 11 is 0. The zero-order valence-corrected chi connectivity index (χ0v) is 14.1. The normalized spacial score (nSPS) is 27.8. The molecule has 1 spiro atoms. The third-order valence-corrected chi connectivity index (χ3v) is 5.31. The molecular formula is C17H25N5O2. The molecule has 1 aromatic rings. The molecule has 3 aliphatic rings. The van der Waals surface area contributed by atoms with Crippen molar-refractivity contribution < 1.29 is 9.53 Å². The third-order valence-electron chi connectivity index (χ3n) is 5.31. The molecule has 130 valence electrons. The Kier molecular flexibility index (Phi) is 4.26. The number of ether oxygens (including phenoxy) is 1. The molecule has 0 bridgehead atoms. The Bertz CT molecular complexity index is 574. The lowest BCUT2D eigenvalue weighted by molar-refractivity contribution is -0.105. The van der Waals surface area contributed by atoms with Crippen molar-refractivity contribution in [2.75, 3.05) is 50.8 Å². The van der Waals surface area contributed by atoms with Crippen LogP contribution in [0.5, 0.6) is 0 Å². The maximum absolute atomic E-state index is 12.7. The first-order valence-electron chi connectivity index (χ1n) is 8.95. The molecule has 3 aliphatic heterocycles. The van der Waals surface area contributed by atoms with Crippen molar-refractivity contribution in [2.45, 2.75) is 31.3 Å². The van der Waals surface area contributed by atoms with Gasteiger partial charge in [-0.3, -0.25) is 4.98 Å². The second kappa shape index (κ2) is 6.55. The van der Waals surface area contributed by atoms with Crippen LogP contribution in [0.15, 0.2) is 18.6 Å². The standard InChI is InChI=1S/C17H25N5O2/c23-16(20-7-1-2-8-20)22-10-11-24-17(14-22)4-3-9-21(13-17)15-12-18-5-6-19-15/h5-6,12H,1-4,7-11,13-14H2. The Hall–Kier alpha value is -1.89. The number of hydrogen-bond donors (Lipinski definition) is 0. The fourth-order valence-corrected chi connectivity index (χ4v) is 4.11. The second-order valence-electron chi connectivity index (χ2n) is 7.02. The first-order chi connectivity index (χ1) is 11.8. The van der Waals surface area contributed by atoms with Gasteiger partial charge in [0.2, 0.25) is 0 Å². The maximum Gasteiger partial charge on any atom is 0.320 e. The zero-order valence-electron chi connectivity index (χ0n) is 14.1. The quantitative estimate of drug-likeness (QED) is 0.778. The molecule has 7 heteroatoms. The molecule has 2 amide bonds. The minimum absolute atomic E-state index is 0.187. The van der Waals surface area contributed by atoms with Gasteiger partial charge in [0.15, 0.2) is 0 Å². The van der Waals surface area contributed by atoms with Gasteiger partial charge in [0, 0.05) is 38.6 Å². The van der Waals surface area contributed by atoms with Crippen LogP contribution < -0.4 is 4.90 Å². The molecule has 4 heterocycles. The number of nitrogens with zero attached hydrogens (tertiary/aromatic N) is 5. The zero-order chi connectivity index (χ0) is 16.4. The lowest BCUT2D eigenvalue weighted by Crippen LogP contribution is -2.62. The van der Waals surface area contributed by atoms with E-state index in [9.17, 15) is 4.79 Å². The summed E-state index contributed by atoms with van der Waals surface area (Å²) < 4.78 is 6.20. The minimum atomic E-state index is -0.274. The number of anilines is 1. The lowest BCUT2D eigenvalue weighted by Gasteiger charge is -2.48. The van der Waals surface area contributed by atoms with E-state index in [-0.39, 0.29) is 11.6 Å². The van der Waals surface area contributed by atoms with Crippen molar-refractivity contribution in [1.82, 2.24) is 19.8 Å². The smallest absolute Gasteiger partial charge is 0.320 e. The molecule has 1 aromatic heterocycles. The van der Waals surface area contributed by atoms with Crippen LogP contribution >= 0.6 is 0 Å². The molecule has 3 fully saturated rings. The van der Waals surface area contributed by atoms with Gasteiger partial charge in [0.1, 0.15) is 11.4 Å². The molecular weight excluding hydrogens is 306 g/mol. The van der Waals surface area contributed by atoms with Crippen LogP contribution in [0.4, 0.5) is 10.6 Å². The Morgan fingerprint density at radius 2 is 1.92 bits per heavy atom. The van der Waals surface area contributed by atoms with Crippen molar-refractivity contribution >= 4 is 11.8 Å². The summed E-state index contributed by atoms with van der Waals surface area (Å²) in [5, 5.41) is 0. The summed E-state index contributed by atoms with van der Waals surface area (Å²) in [7, 11) is 0. The minimum Gasteiger partial charge on any atom is -0.369 e. The van der Waals surface area contributed by atoms with E-state index >= 15 is 0 Å². The van der Waals surface area contributed by atoms with Crippen LogP contribution in [-0.2, 0) is 4.74 Å². The van der Waals surface area contributed by atoms with Gasteiger partial charge >= 0.3 is 6.03 Å². The molecule has 0 saturated carbocycles. The Labute approximate surface area is 142 Å². The van der Waals surface area contributed by atoms with Gasteiger partial charge in [-0.25, -0.2) is 9.78 Å². The Morgan fingerprint density at radius 1 is 1.04 bits per heavy atom. The highest BCUT2D eigenvalue weighted by Gasteiger charge is 2.43. The SMILES string of the molecule is O=C(N1CCCC1)N1CCOC2(CCCN(c3cnccn3)C2)C1. The van der Waals surface area contributed by atoms with Crippen molar-refractivity contribution in [3.63, 3.8) is 0 Å². The first-order valence-corrected chi connectivity index (χ1v) is 8.95. The van der Waals surface area contributed by atoms with Gasteiger partial charge in [-0.15, -0.1) is 0 Å². The summed E-state index contributed by atoms with van der Waals surface area (Å²) in [6.45, 7) is 5.53. The van der Waals surface area contributed by atoms with Gasteiger partial charge in [-0.1, -0.05) is 0 Å². The van der Waals surface area contributed by atoms with E-state index < -0.39 is 0 Å². The van der Waals surface area contributed by atoms with E-state index in [0.717, 1.165) is 57.7 Å². The van der Waals surface area contributed by atoms with Crippen LogP contribution in [-0.4, -0.2) is 77.3 Å². The average Bonchev–Trinajstić information content (AvgIpc) is 3.17. The number of carbonyl (C=O) groups excluding carboxylic acids is 1. The predicted octanol–water partition coefficient (Wildman–Crippen LogP) is 1.36. The number of carbonyl (C=O) groups is 1. The maximum atomic E-state index is 12.7. The number of hydrogen-bond acceptors (Lipinski definition) is 5. The first kappa shape index (κ1) is 15.6. The number of morpholine rings is 1. The van der Waals surface area contributed by atoms with E-state index in [1.54, 1.807) is 18.6 Å². The molecule has 0 aliphatic carbocycles.